The van der Waals surface area contributed by atoms with Crippen LogP contribution in [0.2, 0.25) is 0 Å². The van der Waals surface area contributed by atoms with Crippen molar-refractivity contribution in [2.24, 2.45) is 0 Å². The van der Waals surface area contributed by atoms with E-state index in [1.165, 1.54) is 4.68 Å². The van der Waals surface area contributed by atoms with Crippen molar-refractivity contribution >= 4 is 27.7 Å². The van der Waals surface area contributed by atoms with Gasteiger partial charge in [0.2, 0.25) is 0 Å². The summed E-state index contributed by atoms with van der Waals surface area (Å²) in [4.78, 5) is 12.7. The predicted octanol–water partition coefficient (Wildman–Crippen LogP) is 3.79. The molecule has 0 amide bonds. The Labute approximate surface area is 159 Å². The molecule has 0 aliphatic carbocycles. The third-order valence-corrected chi connectivity index (χ3v) is 4.73. The fourth-order valence-electron chi connectivity index (χ4n) is 2.62. The predicted molar refractivity (Wildman–Crippen MR) is 104 cm³/mol. The maximum absolute atomic E-state index is 12.7. The molecule has 7 heteroatoms. The lowest BCUT2D eigenvalue weighted by molar-refractivity contribution is 0.0901. The van der Waals surface area contributed by atoms with Gasteiger partial charge in [-0.2, -0.15) is 9.78 Å². The highest BCUT2D eigenvalue weighted by atomic mass is 79.9. The van der Waals surface area contributed by atoms with Gasteiger partial charge in [-0.25, -0.2) is 0 Å². The molecule has 3 rings (SSSR count). The molecule has 6 nitrogen and oxygen atoms in total. The first-order valence-corrected chi connectivity index (χ1v) is 8.68. The zero-order chi connectivity index (χ0) is 18.7. The standard InChI is InChI=1S/C19H18BrN3O3/c1-25-14-9-8-12(10-15(14)26-2)11-16(24)23-19(21)17(20)18(22-23)13-6-4-3-5-7-13/h3-10H,11,21H2,1-2H3. The van der Waals surface area contributed by atoms with Crippen molar-refractivity contribution in [1.29, 1.82) is 0 Å². The highest BCUT2D eigenvalue weighted by Gasteiger charge is 2.20. The number of hydrogen-bond acceptors (Lipinski definition) is 5. The number of aromatic nitrogens is 2. The van der Waals surface area contributed by atoms with Gasteiger partial charge in [0.25, 0.3) is 5.91 Å². The number of rotatable bonds is 5. The van der Waals surface area contributed by atoms with Gasteiger partial charge in [0.05, 0.1) is 25.1 Å². The normalized spacial score (nSPS) is 10.6. The number of carbonyl (C=O) groups excluding carboxylic acids is 1. The lowest BCUT2D eigenvalue weighted by Gasteiger charge is -2.09. The molecule has 26 heavy (non-hydrogen) atoms. The summed E-state index contributed by atoms with van der Waals surface area (Å²) in [6.07, 6.45) is 0.132. The lowest BCUT2D eigenvalue weighted by Crippen LogP contribution is -2.17. The van der Waals surface area contributed by atoms with Crippen LogP contribution in [0.5, 0.6) is 11.5 Å². The number of carbonyl (C=O) groups is 1. The second kappa shape index (κ2) is 7.61. The number of halogens is 1. The molecule has 134 valence electrons. The number of benzene rings is 2. The summed E-state index contributed by atoms with van der Waals surface area (Å²) < 4.78 is 12.3. The molecule has 2 N–H and O–H groups in total. The second-order valence-electron chi connectivity index (χ2n) is 5.59. The zero-order valence-electron chi connectivity index (χ0n) is 14.4. The van der Waals surface area contributed by atoms with Crippen LogP contribution in [0.15, 0.2) is 53.0 Å². The van der Waals surface area contributed by atoms with Crippen LogP contribution < -0.4 is 15.2 Å². The largest absolute Gasteiger partial charge is 0.493 e. The van der Waals surface area contributed by atoms with Crippen molar-refractivity contribution in [3.8, 4) is 22.8 Å². The maximum atomic E-state index is 12.7. The molecule has 0 unspecified atom stereocenters. The van der Waals surface area contributed by atoms with E-state index in [0.717, 1.165) is 11.1 Å². The van der Waals surface area contributed by atoms with Gasteiger partial charge in [-0.15, -0.1) is 0 Å². The molecule has 1 heterocycles. The molecule has 0 aliphatic rings. The van der Waals surface area contributed by atoms with Gasteiger partial charge in [-0.1, -0.05) is 36.4 Å². The number of anilines is 1. The van der Waals surface area contributed by atoms with Crippen LogP contribution in [0.1, 0.15) is 10.4 Å². The summed E-state index contributed by atoms with van der Waals surface area (Å²) in [6, 6.07) is 14.9. The van der Waals surface area contributed by atoms with Gasteiger partial charge in [0, 0.05) is 5.56 Å². The van der Waals surface area contributed by atoms with E-state index in [0.29, 0.717) is 21.7 Å². The molecule has 0 bridgehead atoms. The molecule has 0 spiro atoms. The molecular formula is C19H18BrN3O3. The van der Waals surface area contributed by atoms with Crippen molar-refractivity contribution in [2.75, 3.05) is 20.0 Å². The average Bonchev–Trinajstić information content (AvgIpc) is 2.97. The van der Waals surface area contributed by atoms with Crippen molar-refractivity contribution in [3.05, 3.63) is 58.6 Å². The SMILES string of the molecule is COc1ccc(CC(=O)n2nc(-c3ccccc3)c(Br)c2N)cc1OC. The summed E-state index contributed by atoms with van der Waals surface area (Å²) in [5.74, 6) is 1.21. The minimum Gasteiger partial charge on any atom is -0.493 e. The number of nitrogen functional groups attached to an aromatic ring is 1. The summed E-state index contributed by atoms with van der Waals surface area (Å²) >= 11 is 3.44. The molecule has 0 saturated carbocycles. The molecule has 0 atom stereocenters. The van der Waals surface area contributed by atoms with E-state index < -0.39 is 0 Å². The molecule has 0 saturated heterocycles. The first-order chi connectivity index (χ1) is 12.5. The molecule has 0 radical (unpaired) electrons. The van der Waals surface area contributed by atoms with Crippen LogP contribution in [0, 0.1) is 0 Å². The number of ether oxygens (including phenoxy) is 2. The number of nitrogens with two attached hydrogens (primary N) is 1. The van der Waals surface area contributed by atoms with E-state index >= 15 is 0 Å². The van der Waals surface area contributed by atoms with Crippen LogP contribution in [0.4, 0.5) is 5.82 Å². The van der Waals surface area contributed by atoms with Crippen LogP contribution in [-0.4, -0.2) is 29.9 Å². The van der Waals surface area contributed by atoms with Crippen molar-refractivity contribution < 1.29 is 14.3 Å². The van der Waals surface area contributed by atoms with E-state index in [4.69, 9.17) is 15.2 Å². The fraction of sp³-hybridized carbons (Fsp3) is 0.158. The summed E-state index contributed by atoms with van der Waals surface area (Å²) in [5, 5.41) is 4.39. The molecule has 3 aromatic rings. The van der Waals surface area contributed by atoms with E-state index in [9.17, 15) is 4.79 Å². The van der Waals surface area contributed by atoms with Crippen LogP contribution in [-0.2, 0) is 6.42 Å². The van der Waals surface area contributed by atoms with Crippen LogP contribution >= 0.6 is 15.9 Å². The highest BCUT2D eigenvalue weighted by molar-refractivity contribution is 9.10. The Hall–Kier alpha value is -2.80. The Morgan fingerprint density at radius 1 is 1.12 bits per heavy atom. The Morgan fingerprint density at radius 3 is 2.46 bits per heavy atom. The van der Waals surface area contributed by atoms with Crippen molar-refractivity contribution in [1.82, 2.24) is 9.78 Å². The smallest absolute Gasteiger partial charge is 0.253 e. The number of methoxy groups -OCH3 is 2. The summed E-state index contributed by atoms with van der Waals surface area (Å²) in [7, 11) is 3.12. The van der Waals surface area contributed by atoms with Crippen LogP contribution in [0.3, 0.4) is 0 Å². The van der Waals surface area contributed by atoms with E-state index in [1.807, 2.05) is 36.4 Å². The van der Waals surface area contributed by atoms with Gasteiger partial charge in [0.1, 0.15) is 11.5 Å². The highest BCUT2D eigenvalue weighted by Crippen LogP contribution is 2.32. The Morgan fingerprint density at radius 2 is 1.81 bits per heavy atom. The van der Waals surface area contributed by atoms with Gasteiger partial charge in [-0.3, -0.25) is 4.79 Å². The van der Waals surface area contributed by atoms with E-state index in [1.54, 1.807) is 26.4 Å². The molecule has 0 fully saturated rings. The molecule has 0 aliphatic heterocycles. The zero-order valence-corrected chi connectivity index (χ0v) is 16.0. The van der Waals surface area contributed by atoms with Gasteiger partial charge >= 0.3 is 0 Å². The maximum Gasteiger partial charge on any atom is 0.253 e. The van der Waals surface area contributed by atoms with E-state index in [-0.39, 0.29) is 18.1 Å². The third kappa shape index (κ3) is 3.43. The van der Waals surface area contributed by atoms with Crippen molar-refractivity contribution in [3.63, 3.8) is 0 Å². The first kappa shape index (κ1) is 18.0. The average molecular weight is 416 g/mol. The monoisotopic (exact) mass is 415 g/mol. The molecule has 2 aromatic carbocycles. The summed E-state index contributed by atoms with van der Waals surface area (Å²) in [6.45, 7) is 0. The molecular weight excluding hydrogens is 398 g/mol. The minimum atomic E-state index is -0.238. The Bertz CT molecular complexity index is 939. The van der Waals surface area contributed by atoms with Crippen molar-refractivity contribution in [2.45, 2.75) is 6.42 Å². The lowest BCUT2D eigenvalue weighted by atomic mass is 10.1. The van der Waals surface area contributed by atoms with Gasteiger partial charge < -0.3 is 15.2 Å². The second-order valence-corrected chi connectivity index (χ2v) is 6.38. The quantitative estimate of drug-likeness (QED) is 0.685. The minimum absolute atomic E-state index is 0.132. The summed E-state index contributed by atoms with van der Waals surface area (Å²) in [5.41, 5.74) is 8.37. The Balaban J connectivity index is 1.89. The van der Waals surface area contributed by atoms with Crippen LogP contribution in [0.25, 0.3) is 11.3 Å². The molecule has 1 aromatic heterocycles. The number of hydrogen-bond donors (Lipinski definition) is 1. The topological polar surface area (TPSA) is 79.4 Å². The third-order valence-electron chi connectivity index (χ3n) is 3.95. The first-order valence-electron chi connectivity index (χ1n) is 7.88. The van der Waals surface area contributed by atoms with Gasteiger partial charge in [-0.05, 0) is 33.6 Å². The van der Waals surface area contributed by atoms with E-state index in [2.05, 4.69) is 21.0 Å². The number of nitrogens with zero attached hydrogens (tertiary/aromatic N) is 2. The van der Waals surface area contributed by atoms with Gasteiger partial charge in [0.15, 0.2) is 11.5 Å². The Kier molecular flexibility index (Phi) is 5.27. The fourth-order valence-corrected chi connectivity index (χ4v) is 3.10.